The molecule has 0 unspecified atom stereocenters. The first-order valence-electron chi connectivity index (χ1n) is 10.0. The van der Waals surface area contributed by atoms with Crippen molar-refractivity contribution in [1.82, 2.24) is 0 Å². The summed E-state index contributed by atoms with van der Waals surface area (Å²) in [7, 11) is -3.59. The average molecular weight is 511 g/mol. The van der Waals surface area contributed by atoms with Crippen LogP contribution in [-0.4, -0.2) is 39.0 Å². The van der Waals surface area contributed by atoms with E-state index in [-0.39, 0.29) is 36.2 Å². The predicted octanol–water partition coefficient (Wildman–Crippen LogP) is 2.76. The second kappa shape index (κ2) is 9.47. The van der Waals surface area contributed by atoms with Crippen molar-refractivity contribution in [3.05, 3.63) is 47.0 Å². The third kappa shape index (κ3) is 5.57. The number of carbonyl (C=O) groups excluding carboxylic acids is 1. The number of hydrogen-bond donors (Lipinski definition) is 3. The Morgan fingerprint density at radius 2 is 1.94 bits per heavy atom. The zero-order chi connectivity index (χ0) is 25.3. The number of methoxy groups -OCH3 is 1. The average Bonchev–Trinajstić information content (AvgIpc) is 2.71. The number of guanidine groups is 2. The van der Waals surface area contributed by atoms with Crippen LogP contribution >= 0.6 is 11.6 Å². The molecule has 2 aromatic carbocycles. The standard InChI is InChI=1S/C21H24ClFN6O4S/c1-21(2)28-19(24)27-20(25)29(21)13-6-4-12(15(22)10-13)5-9-18(30)26-16-11-14(34(23,31)32)7-8-17(16)33-3/h4,6-8,10-11H,5,9H2,1-3H3,(H,26,30)(H4,24,25,27,28). The van der Waals surface area contributed by atoms with Crippen LogP contribution in [0.5, 0.6) is 5.75 Å². The third-order valence-corrected chi connectivity index (χ3v) is 6.21. The van der Waals surface area contributed by atoms with E-state index in [1.165, 1.54) is 13.2 Å². The molecule has 0 spiro atoms. The number of anilines is 2. The highest BCUT2D eigenvalue weighted by molar-refractivity contribution is 7.86. The molecule has 182 valence electrons. The highest BCUT2D eigenvalue weighted by Crippen LogP contribution is 2.32. The molecule has 10 nitrogen and oxygen atoms in total. The van der Waals surface area contributed by atoms with Crippen LogP contribution in [-0.2, 0) is 21.4 Å². The van der Waals surface area contributed by atoms with Gasteiger partial charge in [-0.1, -0.05) is 17.7 Å². The molecule has 3 rings (SSSR count). The second-order valence-electron chi connectivity index (χ2n) is 7.89. The van der Waals surface area contributed by atoms with Crippen LogP contribution in [0.15, 0.2) is 51.3 Å². The van der Waals surface area contributed by atoms with Crippen molar-refractivity contribution < 1.29 is 21.8 Å². The van der Waals surface area contributed by atoms with E-state index in [9.17, 15) is 17.1 Å². The minimum Gasteiger partial charge on any atom is -0.495 e. The van der Waals surface area contributed by atoms with Crippen LogP contribution in [0, 0.1) is 0 Å². The van der Waals surface area contributed by atoms with E-state index >= 15 is 0 Å². The minimum atomic E-state index is -4.94. The Morgan fingerprint density at radius 1 is 1.24 bits per heavy atom. The molecule has 13 heteroatoms. The van der Waals surface area contributed by atoms with Crippen molar-refractivity contribution >= 4 is 51.0 Å². The van der Waals surface area contributed by atoms with E-state index in [4.69, 9.17) is 27.8 Å². The topological polar surface area (TPSA) is 152 Å². The number of rotatable bonds is 7. The van der Waals surface area contributed by atoms with Gasteiger partial charge in [-0.25, -0.2) is 4.99 Å². The molecule has 1 aliphatic rings. The Morgan fingerprint density at radius 3 is 2.53 bits per heavy atom. The number of nitrogens with two attached hydrogens (primary N) is 2. The zero-order valence-corrected chi connectivity index (χ0v) is 20.2. The monoisotopic (exact) mass is 510 g/mol. The maximum atomic E-state index is 13.3. The van der Waals surface area contributed by atoms with Crippen molar-refractivity contribution in [3.8, 4) is 5.75 Å². The summed E-state index contributed by atoms with van der Waals surface area (Å²) in [5.41, 5.74) is 12.4. The lowest BCUT2D eigenvalue weighted by molar-refractivity contribution is -0.116. The molecule has 0 aliphatic carbocycles. The van der Waals surface area contributed by atoms with Gasteiger partial charge < -0.3 is 21.5 Å². The van der Waals surface area contributed by atoms with Crippen LogP contribution in [0.4, 0.5) is 15.3 Å². The summed E-state index contributed by atoms with van der Waals surface area (Å²) < 4.78 is 40.8. The molecular weight excluding hydrogens is 487 g/mol. The SMILES string of the molecule is COc1ccc(S(=O)(=O)F)cc1NC(=O)CCc1ccc(N2C(N)=NC(N)=NC2(C)C)cc1Cl. The summed E-state index contributed by atoms with van der Waals surface area (Å²) in [5, 5.41) is 2.94. The molecule has 1 aliphatic heterocycles. The molecule has 0 bridgehead atoms. The lowest BCUT2D eigenvalue weighted by atomic mass is 10.1. The highest BCUT2D eigenvalue weighted by Gasteiger charge is 2.33. The molecule has 0 fully saturated rings. The van der Waals surface area contributed by atoms with Gasteiger partial charge in [0, 0.05) is 17.1 Å². The van der Waals surface area contributed by atoms with Crippen molar-refractivity contribution in [3.63, 3.8) is 0 Å². The Kier molecular flexibility index (Phi) is 7.03. The summed E-state index contributed by atoms with van der Waals surface area (Å²) in [6.45, 7) is 3.65. The third-order valence-electron chi connectivity index (χ3n) is 5.04. The molecule has 0 radical (unpaired) electrons. The van der Waals surface area contributed by atoms with Gasteiger partial charge in [-0.3, -0.25) is 9.69 Å². The molecule has 0 aromatic heterocycles. The summed E-state index contributed by atoms with van der Waals surface area (Å²) >= 11 is 6.45. The number of aliphatic imine (C=N–C) groups is 2. The second-order valence-corrected chi connectivity index (χ2v) is 9.65. The smallest absolute Gasteiger partial charge is 0.332 e. The van der Waals surface area contributed by atoms with Gasteiger partial charge in [0.25, 0.3) is 0 Å². The van der Waals surface area contributed by atoms with Gasteiger partial charge in [0.05, 0.1) is 12.8 Å². The summed E-state index contributed by atoms with van der Waals surface area (Å²) in [6.07, 6.45) is 0.306. The number of benzene rings is 2. The number of halogens is 2. The molecule has 0 saturated heterocycles. The van der Waals surface area contributed by atoms with Crippen molar-refractivity contribution in [2.75, 3.05) is 17.3 Å². The number of nitrogens with zero attached hydrogens (tertiary/aromatic N) is 3. The lowest BCUT2D eigenvalue weighted by Crippen LogP contribution is -2.54. The summed E-state index contributed by atoms with van der Waals surface area (Å²) in [6, 6.07) is 8.52. The molecule has 34 heavy (non-hydrogen) atoms. The molecule has 2 aromatic rings. The number of amides is 1. The van der Waals surface area contributed by atoms with E-state index in [1.54, 1.807) is 23.1 Å². The zero-order valence-electron chi connectivity index (χ0n) is 18.7. The van der Waals surface area contributed by atoms with Crippen LogP contribution in [0.2, 0.25) is 5.02 Å². The number of ether oxygens (including phenoxy) is 1. The van der Waals surface area contributed by atoms with E-state index in [0.717, 1.165) is 12.1 Å². The van der Waals surface area contributed by atoms with E-state index in [0.29, 0.717) is 16.3 Å². The van der Waals surface area contributed by atoms with Crippen LogP contribution in [0.1, 0.15) is 25.8 Å². The molecule has 0 saturated carbocycles. The van der Waals surface area contributed by atoms with Crippen LogP contribution in [0.25, 0.3) is 0 Å². The molecule has 5 N–H and O–H groups in total. The number of nitrogens with one attached hydrogen (secondary N) is 1. The molecule has 0 atom stereocenters. The van der Waals surface area contributed by atoms with Gasteiger partial charge in [0.1, 0.15) is 16.3 Å². The van der Waals surface area contributed by atoms with Crippen LogP contribution < -0.4 is 26.4 Å². The van der Waals surface area contributed by atoms with Gasteiger partial charge in [0.15, 0.2) is 0 Å². The summed E-state index contributed by atoms with van der Waals surface area (Å²) in [4.78, 5) is 21.9. The maximum Gasteiger partial charge on any atom is 0.332 e. The van der Waals surface area contributed by atoms with Crippen molar-refractivity contribution in [1.29, 1.82) is 0 Å². The maximum absolute atomic E-state index is 13.3. The number of aryl methyl sites for hydroxylation is 1. The fourth-order valence-electron chi connectivity index (χ4n) is 3.53. The predicted molar refractivity (Wildman–Crippen MR) is 129 cm³/mol. The highest BCUT2D eigenvalue weighted by atomic mass is 35.5. The fourth-order valence-corrected chi connectivity index (χ4v) is 4.29. The van der Waals surface area contributed by atoms with Gasteiger partial charge in [-0.2, -0.15) is 13.4 Å². The first kappa shape index (κ1) is 25.2. The largest absolute Gasteiger partial charge is 0.495 e. The number of hydrogen-bond acceptors (Lipinski definition) is 9. The van der Waals surface area contributed by atoms with E-state index in [1.807, 2.05) is 13.8 Å². The normalized spacial score (nSPS) is 15.4. The first-order valence-corrected chi connectivity index (χ1v) is 11.8. The van der Waals surface area contributed by atoms with Crippen LogP contribution in [0.3, 0.4) is 0 Å². The Bertz CT molecular complexity index is 1300. The fraction of sp³-hybridized carbons (Fsp3) is 0.286. The minimum absolute atomic E-state index is 0.0223. The first-order chi connectivity index (χ1) is 15.8. The van der Waals surface area contributed by atoms with Gasteiger partial charge in [-0.05, 0) is 56.2 Å². The van der Waals surface area contributed by atoms with Gasteiger partial charge >= 0.3 is 10.2 Å². The van der Waals surface area contributed by atoms with Gasteiger partial charge in [0.2, 0.25) is 17.8 Å². The Hall–Kier alpha value is -3.38. The molecular formula is C21H24ClFN6O4S. The Labute approximate surface area is 201 Å². The Balaban J connectivity index is 1.72. The quantitative estimate of drug-likeness (QED) is 0.484. The molecule has 1 heterocycles. The molecule has 1 amide bonds. The van der Waals surface area contributed by atoms with Crippen molar-refractivity contribution in [2.45, 2.75) is 37.2 Å². The van der Waals surface area contributed by atoms with Crippen molar-refractivity contribution in [2.24, 2.45) is 21.5 Å². The number of carbonyl (C=O) groups is 1. The van der Waals surface area contributed by atoms with E-state index in [2.05, 4.69) is 15.3 Å². The lowest BCUT2D eigenvalue weighted by Gasteiger charge is -2.38. The summed E-state index contributed by atoms with van der Waals surface area (Å²) in [5.74, 6) is 0.00552. The van der Waals surface area contributed by atoms with E-state index < -0.39 is 26.7 Å². The van der Waals surface area contributed by atoms with Gasteiger partial charge in [-0.15, -0.1) is 3.89 Å².